The molecule has 1 atom stereocenters. The van der Waals surface area contributed by atoms with E-state index < -0.39 is 34.9 Å². The summed E-state index contributed by atoms with van der Waals surface area (Å²) in [4.78, 5) is 10.7. The molecule has 0 aliphatic carbocycles. The van der Waals surface area contributed by atoms with Crippen LogP contribution in [0.3, 0.4) is 0 Å². The lowest BCUT2D eigenvalue weighted by Crippen LogP contribution is -2.48. The van der Waals surface area contributed by atoms with Crippen LogP contribution in [0.4, 0.5) is 13.2 Å². The lowest BCUT2D eigenvalue weighted by molar-refractivity contribution is -0.139. The molecule has 108 valence electrons. The first-order valence-corrected chi connectivity index (χ1v) is 7.50. The molecule has 0 aliphatic rings. The highest BCUT2D eigenvalue weighted by molar-refractivity contribution is 7.98. The van der Waals surface area contributed by atoms with Gasteiger partial charge in [0.15, 0.2) is 0 Å². The van der Waals surface area contributed by atoms with Crippen molar-refractivity contribution in [3.63, 3.8) is 0 Å². The van der Waals surface area contributed by atoms with Crippen LogP contribution >= 0.6 is 11.8 Å². The standard InChI is InChI=1S/C7H13F3N2O4S2/c1-17-3-2-5(6(13)14)12-18(15,16)11-4-7(8,9)10/h5,11-12H,2-4H2,1H3,(H,13,14). The van der Waals surface area contributed by atoms with Crippen molar-refractivity contribution in [1.29, 1.82) is 0 Å². The van der Waals surface area contributed by atoms with Crippen LogP contribution in [0, 0.1) is 0 Å². The Kier molecular flexibility index (Phi) is 6.96. The predicted octanol–water partition coefficient (Wildman–Crippen LogP) is 0.179. The zero-order valence-corrected chi connectivity index (χ0v) is 11.0. The number of carboxylic acid groups (broad SMARTS) is 1. The number of rotatable bonds is 8. The third-order valence-electron chi connectivity index (χ3n) is 1.67. The summed E-state index contributed by atoms with van der Waals surface area (Å²) >= 11 is 1.29. The molecule has 6 nitrogen and oxygen atoms in total. The highest BCUT2D eigenvalue weighted by Gasteiger charge is 2.31. The Hall–Kier alpha value is -0.520. The minimum atomic E-state index is -4.70. The topological polar surface area (TPSA) is 95.5 Å². The Morgan fingerprint density at radius 3 is 2.39 bits per heavy atom. The molecule has 0 bridgehead atoms. The number of halogens is 3. The molecule has 0 fully saturated rings. The summed E-state index contributed by atoms with van der Waals surface area (Å²) < 4.78 is 60.6. The highest BCUT2D eigenvalue weighted by atomic mass is 32.2. The Labute approximate surface area is 107 Å². The summed E-state index contributed by atoms with van der Waals surface area (Å²) in [5.41, 5.74) is 0. The van der Waals surface area contributed by atoms with Crippen LogP contribution in [0.1, 0.15) is 6.42 Å². The van der Waals surface area contributed by atoms with Crippen LogP contribution < -0.4 is 9.44 Å². The third kappa shape index (κ3) is 8.55. The number of alkyl halides is 3. The molecule has 18 heavy (non-hydrogen) atoms. The molecule has 0 radical (unpaired) electrons. The molecule has 0 aliphatic heterocycles. The van der Waals surface area contributed by atoms with Crippen LogP contribution in [0.5, 0.6) is 0 Å². The fraction of sp³-hybridized carbons (Fsp3) is 0.857. The summed E-state index contributed by atoms with van der Waals surface area (Å²) in [6.07, 6.45) is -3.04. The molecule has 0 aromatic rings. The largest absolute Gasteiger partial charge is 0.480 e. The summed E-state index contributed by atoms with van der Waals surface area (Å²) in [5.74, 6) is -1.08. The van der Waals surface area contributed by atoms with Crippen LogP contribution in [0.25, 0.3) is 0 Å². The number of hydrogen-bond donors (Lipinski definition) is 3. The molecule has 1 unspecified atom stereocenters. The molecule has 0 amide bonds. The van der Waals surface area contributed by atoms with Gasteiger partial charge in [0.1, 0.15) is 12.6 Å². The minimum absolute atomic E-state index is 0.0244. The zero-order chi connectivity index (χ0) is 14.4. The van der Waals surface area contributed by atoms with E-state index in [1.54, 1.807) is 11.0 Å². The van der Waals surface area contributed by atoms with Crippen molar-refractivity contribution in [2.24, 2.45) is 0 Å². The lowest BCUT2D eigenvalue weighted by Gasteiger charge is -2.15. The van der Waals surface area contributed by atoms with Gasteiger partial charge in [-0.3, -0.25) is 4.79 Å². The molecular weight excluding hydrogens is 297 g/mol. The van der Waals surface area contributed by atoms with E-state index in [1.807, 2.05) is 0 Å². The monoisotopic (exact) mass is 310 g/mol. The third-order valence-corrected chi connectivity index (χ3v) is 3.43. The quantitative estimate of drug-likeness (QED) is 0.594. The van der Waals surface area contributed by atoms with Gasteiger partial charge in [-0.05, 0) is 18.4 Å². The summed E-state index contributed by atoms with van der Waals surface area (Å²) in [6.45, 7) is -1.75. The van der Waals surface area contributed by atoms with Crippen molar-refractivity contribution in [3.05, 3.63) is 0 Å². The van der Waals surface area contributed by atoms with Gasteiger partial charge >= 0.3 is 12.1 Å². The van der Waals surface area contributed by atoms with Gasteiger partial charge in [-0.15, -0.1) is 0 Å². The van der Waals surface area contributed by atoms with Gasteiger partial charge in [0.2, 0.25) is 0 Å². The van der Waals surface area contributed by atoms with Crippen molar-refractivity contribution in [2.45, 2.75) is 18.6 Å². The van der Waals surface area contributed by atoms with Crippen LogP contribution in [0.15, 0.2) is 0 Å². The van der Waals surface area contributed by atoms with E-state index in [1.165, 1.54) is 16.5 Å². The SMILES string of the molecule is CSCCC(NS(=O)(=O)NCC(F)(F)F)C(=O)O. The molecule has 0 spiro atoms. The molecule has 3 N–H and O–H groups in total. The number of carboxylic acids is 1. The van der Waals surface area contributed by atoms with Crippen molar-refractivity contribution in [2.75, 3.05) is 18.6 Å². The van der Waals surface area contributed by atoms with E-state index in [9.17, 15) is 26.4 Å². The summed E-state index contributed by atoms with van der Waals surface area (Å²) in [6, 6.07) is -1.46. The highest BCUT2D eigenvalue weighted by Crippen LogP contribution is 2.12. The molecular formula is C7H13F3N2O4S2. The fourth-order valence-electron chi connectivity index (χ4n) is 0.874. The van der Waals surface area contributed by atoms with E-state index in [0.717, 1.165) is 0 Å². The van der Waals surface area contributed by atoms with E-state index in [4.69, 9.17) is 5.11 Å². The molecule has 0 saturated carbocycles. The summed E-state index contributed by atoms with van der Waals surface area (Å²) in [5, 5.41) is 8.71. The smallest absolute Gasteiger partial charge is 0.402 e. The lowest BCUT2D eigenvalue weighted by atomic mass is 10.2. The van der Waals surface area contributed by atoms with Crippen molar-refractivity contribution < 1.29 is 31.5 Å². The van der Waals surface area contributed by atoms with E-state index in [2.05, 4.69) is 0 Å². The molecule has 0 rings (SSSR count). The van der Waals surface area contributed by atoms with E-state index >= 15 is 0 Å². The van der Waals surface area contributed by atoms with Crippen LogP contribution in [-0.2, 0) is 15.0 Å². The van der Waals surface area contributed by atoms with Crippen molar-refractivity contribution >= 4 is 27.9 Å². The molecule has 0 aromatic heterocycles. The molecule has 0 aromatic carbocycles. The van der Waals surface area contributed by atoms with E-state index in [-0.39, 0.29) is 6.42 Å². The second-order valence-electron chi connectivity index (χ2n) is 3.23. The van der Waals surface area contributed by atoms with Gasteiger partial charge in [0, 0.05) is 0 Å². The maximum Gasteiger partial charge on any atom is 0.402 e. The minimum Gasteiger partial charge on any atom is -0.480 e. The summed E-state index contributed by atoms with van der Waals surface area (Å²) in [7, 11) is -4.50. The number of nitrogens with one attached hydrogen (secondary N) is 2. The van der Waals surface area contributed by atoms with E-state index in [0.29, 0.717) is 5.75 Å². The Bertz CT molecular complexity index is 371. The number of thioether (sulfide) groups is 1. The van der Waals surface area contributed by atoms with Gasteiger partial charge in [0.25, 0.3) is 10.2 Å². The predicted molar refractivity (Wildman–Crippen MR) is 60.5 cm³/mol. The number of aliphatic carboxylic acids is 1. The maximum atomic E-state index is 11.8. The fourth-order valence-corrected chi connectivity index (χ4v) is 2.38. The van der Waals surface area contributed by atoms with Crippen LogP contribution in [-0.4, -0.2) is 50.3 Å². The van der Waals surface area contributed by atoms with Gasteiger partial charge in [-0.2, -0.15) is 42.8 Å². The molecule has 0 heterocycles. The van der Waals surface area contributed by atoms with Crippen molar-refractivity contribution in [1.82, 2.24) is 9.44 Å². The average Bonchev–Trinajstić information content (AvgIpc) is 2.20. The van der Waals surface area contributed by atoms with Gasteiger partial charge < -0.3 is 5.11 Å². The second-order valence-corrected chi connectivity index (χ2v) is 5.75. The Morgan fingerprint density at radius 1 is 1.44 bits per heavy atom. The zero-order valence-electron chi connectivity index (χ0n) is 9.32. The maximum absolute atomic E-state index is 11.8. The van der Waals surface area contributed by atoms with Crippen LogP contribution in [0.2, 0.25) is 0 Å². The first-order valence-electron chi connectivity index (χ1n) is 4.63. The first kappa shape index (κ1) is 17.5. The molecule has 0 saturated heterocycles. The van der Waals surface area contributed by atoms with Crippen molar-refractivity contribution in [3.8, 4) is 0 Å². The second kappa shape index (κ2) is 7.16. The number of hydrogen-bond acceptors (Lipinski definition) is 4. The first-order chi connectivity index (χ1) is 8.07. The van der Waals surface area contributed by atoms with Gasteiger partial charge in [0.05, 0.1) is 0 Å². The normalized spacial score (nSPS) is 14.4. The molecule has 11 heteroatoms. The van der Waals surface area contributed by atoms with Gasteiger partial charge in [-0.1, -0.05) is 0 Å². The Morgan fingerprint density at radius 2 is 2.00 bits per heavy atom. The van der Waals surface area contributed by atoms with Gasteiger partial charge in [-0.25, -0.2) is 0 Å². The average molecular weight is 310 g/mol. The number of carbonyl (C=O) groups is 1. The Balaban J connectivity index is 4.47.